The highest BCUT2D eigenvalue weighted by Gasteiger charge is 2.16. The van der Waals surface area contributed by atoms with Crippen LogP contribution in [-0.2, 0) is 14.8 Å². The maximum Gasteiger partial charge on any atom is 0.387 e. The molecule has 0 bridgehead atoms. The van der Waals surface area contributed by atoms with Crippen LogP contribution >= 0.6 is 0 Å². The Balaban J connectivity index is 2.82. The second-order valence-electron chi connectivity index (χ2n) is 3.16. The summed E-state index contributed by atoms with van der Waals surface area (Å²) in [5, 5.41) is 8.36. The van der Waals surface area contributed by atoms with Crippen LogP contribution in [0, 0.1) is 0 Å². The number of carboxylic acids is 1. The lowest BCUT2D eigenvalue weighted by molar-refractivity contribution is -0.134. The minimum Gasteiger partial charge on any atom is -0.480 e. The van der Waals surface area contributed by atoms with Crippen LogP contribution in [0.5, 0.6) is 5.75 Å². The molecule has 0 amide bonds. The maximum atomic E-state index is 11.9. The van der Waals surface area contributed by atoms with Crippen LogP contribution in [0.3, 0.4) is 0 Å². The number of aliphatic carboxylic acids is 1. The van der Waals surface area contributed by atoms with E-state index in [1.807, 2.05) is 4.72 Å². The summed E-state index contributed by atoms with van der Waals surface area (Å²) in [5.74, 6) is -2.88. The van der Waals surface area contributed by atoms with E-state index in [4.69, 9.17) is 5.11 Å². The van der Waals surface area contributed by atoms with E-state index in [0.29, 0.717) is 0 Å². The Morgan fingerprint density at radius 3 is 2.67 bits per heavy atom. The highest BCUT2D eigenvalue weighted by atomic mass is 32.2. The fraction of sp³-hybridized carbons (Fsp3) is 0.222. The molecule has 6 nitrogen and oxygen atoms in total. The summed E-state index contributed by atoms with van der Waals surface area (Å²) >= 11 is 0. The Kier molecular flexibility index (Phi) is 4.43. The van der Waals surface area contributed by atoms with Gasteiger partial charge in [-0.25, -0.2) is 8.42 Å². The van der Waals surface area contributed by atoms with Crippen molar-refractivity contribution in [2.75, 3.05) is 10.5 Å². The Labute approximate surface area is 101 Å². The number of halogens is 2. The average molecular weight is 281 g/mol. The van der Waals surface area contributed by atoms with Crippen LogP contribution in [0.15, 0.2) is 24.3 Å². The molecule has 0 spiro atoms. The van der Waals surface area contributed by atoms with Crippen molar-refractivity contribution < 1.29 is 31.8 Å². The van der Waals surface area contributed by atoms with Crippen molar-refractivity contribution in [3.05, 3.63) is 24.3 Å². The second kappa shape index (κ2) is 5.63. The van der Waals surface area contributed by atoms with Gasteiger partial charge in [0.25, 0.3) is 0 Å². The first-order valence-corrected chi connectivity index (χ1v) is 6.21. The topological polar surface area (TPSA) is 92.7 Å². The molecule has 18 heavy (non-hydrogen) atoms. The lowest BCUT2D eigenvalue weighted by Gasteiger charge is -2.08. The first-order valence-electron chi connectivity index (χ1n) is 4.56. The maximum absolute atomic E-state index is 11.9. The minimum atomic E-state index is -4.07. The van der Waals surface area contributed by atoms with Crippen molar-refractivity contribution in [1.82, 2.24) is 0 Å². The third kappa shape index (κ3) is 4.95. The van der Waals surface area contributed by atoms with Crippen LogP contribution in [0.2, 0.25) is 0 Å². The molecule has 0 radical (unpaired) electrons. The zero-order chi connectivity index (χ0) is 13.8. The van der Waals surface area contributed by atoms with Gasteiger partial charge in [0.1, 0.15) is 5.75 Å². The zero-order valence-corrected chi connectivity index (χ0v) is 9.65. The SMILES string of the molecule is O=C(O)CS(=O)(=O)Nc1cccc(OC(F)F)c1. The smallest absolute Gasteiger partial charge is 0.387 e. The molecule has 1 aromatic carbocycles. The Morgan fingerprint density at radius 1 is 1.44 bits per heavy atom. The van der Waals surface area contributed by atoms with Crippen LogP contribution in [-0.4, -0.2) is 31.9 Å². The van der Waals surface area contributed by atoms with Gasteiger partial charge in [0.15, 0.2) is 5.75 Å². The fourth-order valence-electron chi connectivity index (χ4n) is 1.11. The number of hydrogen-bond donors (Lipinski definition) is 2. The molecule has 0 aromatic heterocycles. The number of benzene rings is 1. The third-order valence-electron chi connectivity index (χ3n) is 1.65. The number of carboxylic acid groups (broad SMARTS) is 1. The number of carbonyl (C=O) groups is 1. The Hall–Kier alpha value is -1.90. The van der Waals surface area contributed by atoms with Gasteiger partial charge in [-0.1, -0.05) is 6.07 Å². The molecular formula is C9H9F2NO5S. The lowest BCUT2D eigenvalue weighted by Crippen LogP contribution is -2.22. The number of alkyl halides is 2. The molecule has 0 fully saturated rings. The molecule has 0 heterocycles. The normalized spacial score (nSPS) is 11.3. The lowest BCUT2D eigenvalue weighted by atomic mass is 10.3. The van der Waals surface area contributed by atoms with Gasteiger partial charge >= 0.3 is 12.6 Å². The molecular weight excluding hydrogens is 272 g/mol. The molecule has 0 saturated heterocycles. The van der Waals surface area contributed by atoms with Gasteiger partial charge in [-0.3, -0.25) is 9.52 Å². The summed E-state index contributed by atoms with van der Waals surface area (Å²) in [5.41, 5.74) is -0.0607. The van der Waals surface area contributed by atoms with E-state index < -0.39 is 28.4 Å². The molecule has 0 unspecified atom stereocenters. The van der Waals surface area contributed by atoms with Gasteiger partial charge < -0.3 is 9.84 Å². The second-order valence-corrected chi connectivity index (χ2v) is 4.88. The molecule has 100 valence electrons. The minimum absolute atomic E-state index is 0.0607. The summed E-state index contributed by atoms with van der Waals surface area (Å²) in [4.78, 5) is 10.3. The van der Waals surface area contributed by atoms with Gasteiger partial charge in [0, 0.05) is 6.07 Å². The zero-order valence-electron chi connectivity index (χ0n) is 8.84. The molecule has 0 aliphatic carbocycles. The van der Waals surface area contributed by atoms with E-state index in [-0.39, 0.29) is 11.4 Å². The monoisotopic (exact) mass is 281 g/mol. The number of nitrogens with one attached hydrogen (secondary N) is 1. The van der Waals surface area contributed by atoms with E-state index in [1.165, 1.54) is 18.2 Å². The third-order valence-corrected chi connectivity index (χ3v) is 2.82. The van der Waals surface area contributed by atoms with Crippen LogP contribution in [0.25, 0.3) is 0 Å². The van der Waals surface area contributed by atoms with Gasteiger partial charge in [-0.2, -0.15) is 8.78 Å². The average Bonchev–Trinajstić information content (AvgIpc) is 2.13. The van der Waals surface area contributed by atoms with Crippen molar-refractivity contribution in [3.8, 4) is 5.75 Å². The standard InChI is InChI=1S/C9H9F2NO5S/c10-9(11)17-7-3-1-2-6(4-7)12-18(15,16)5-8(13)14/h1-4,9,12H,5H2,(H,13,14). The highest BCUT2D eigenvalue weighted by molar-refractivity contribution is 7.93. The van der Waals surface area contributed by atoms with Gasteiger partial charge in [-0.05, 0) is 12.1 Å². The van der Waals surface area contributed by atoms with Crippen LogP contribution in [0.4, 0.5) is 14.5 Å². The molecule has 1 rings (SSSR count). The Bertz CT molecular complexity index is 532. The summed E-state index contributed by atoms with van der Waals surface area (Å²) < 4.78 is 52.4. The first kappa shape index (κ1) is 14.2. The van der Waals surface area contributed by atoms with Crippen LogP contribution in [0.1, 0.15) is 0 Å². The number of rotatable bonds is 6. The largest absolute Gasteiger partial charge is 0.480 e. The van der Waals surface area contributed by atoms with E-state index in [1.54, 1.807) is 0 Å². The molecule has 9 heteroatoms. The van der Waals surface area contributed by atoms with Crippen molar-refractivity contribution in [3.63, 3.8) is 0 Å². The van der Waals surface area contributed by atoms with E-state index >= 15 is 0 Å². The van der Waals surface area contributed by atoms with Crippen molar-refractivity contribution in [2.45, 2.75) is 6.61 Å². The molecule has 2 N–H and O–H groups in total. The van der Waals surface area contributed by atoms with Gasteiger partial charge in [0.2, 0.25) is 10.0 Å². The predicted octanol–water partition coefficient (Wildman–Crippen LogP) is 1.11. The van der Waals surface area contributed by atoms with Crippen molar-refractivity contribution in [2.24, 2.45) is 0 Å². The van der Waals surface area contributed by atoms with E-state index in [2.05, 4.69) is 4.74 Å². The molecule has 0 aliphatic rings. The summed E-state index contributed by atoms with van der Waals surface area (Å²) in [7, 11) is -4.07. The molecule has 0 atom stereocenters. The number of sulfonamides is 1. The van der Waals surface area contributed by atoms with E-state index in [9.17, 15) is 22.0 Å². The summed E-state index contributed by atoms with van der Waals surface area (Å²) in [6.07, 6.45) is 0. The van der Waals surface area contributed by atoms with Gasteiger partial charge in [0.05, 0.1) is 5.69 Å². The fourth-order valence-corrected chi connectivity index (χ4v) is 2.00. The van der Waals surface area contributed by atoms with Crippen LogP contribution < -0.4 is 9.46 Å². The quantitative estimate of drug-likeness (QED) is 0.815. The molecule has 1 aromatic rings. The van der Waals surface area contributed by atoms with Gasteiger partial charge in [-0.15, -0.1) is 0 Å². The molecule has 0 aliphatic heterocycles. The van der Waals surface area contributed by atoms with Crippen molar-refractivity contribution >= 4 is 21.7 Å². The van der Waals surface area contributed by atoms with E-state index in [0.717, 1.165) is 6.07 Å². The predicted molar refractivity (Wildman–Crippen MR) is 58.1 cm³/mol. The number of anilines is 1. The molecule has 0 saturated carbocycles. The number of hydrogen-bond acceptors (Lipinski definition) is 4. The first-order chi connectivity index (χ1) is 8.28. The highest BCUT2D eigenvalue weighted by Crippen LogP contribution is 2.20. The summed E-state index contributed by atoms with van der Waals surface area (Å²) in [6.45, 7) is -3.03. The number of ether oxygens (including phenoxy) is 1. The summed E-state index contributed by atoms with van der Waals surface area (Å²) in [6, 6.07) is 4.79. The Morgan fingerprint density at radius 2 is 2.11 bits per heavy atom. The van der Waals surface area contributed by atoms with Crippen molar-refractivity contribution in [1.29, 1.82) is 0 Å².